The molecule has 8 nitrogen and oxygen atoms in total. The lowest BCUT2D eigenvalue weighted by molar-refractivity contribution is -0.249. The molecule has 1 amide bonds. The Bertz CT molecular complexity index is 1480. The van der Waals surface area contributed by atoms with Gasteiger partial charge in [-0.05, 0) is 143 Å². The Hall–Kier alpha value is -2.64. The third-order valence-corrected chi connectivity index (χ3v) is 16.4. The number of ether oxygens (including phenoxy) is 1. The Morgan fingerprint density at radius 1 is 1.00 bits per heavy atom. The molecule has 2 N–H and O–H groups in total. The Balaban J connectivity index is 1.21. The molecule has 6 rings (SSSR count). The van der Waals surface area contributed by atoms with E-state index < -0.39 is 17.4 Å². The second kappa shape index (κ2) is 13.6. The summed E-state index contributed by atoms with van der Waals surface area (Å²) in [6.45, 7) is 23.9. The average molecular weight is 706 g/mol. The molecule has 0 saturated heterocycles. The minimum Gasteiger partial charge on any atom is -0.481 e. The Kier molecular flexibility index (Phi) is 10.2. The first-order valence-corrected chi connectivity index (χ1v) is 20.2. The standard InChI is InChI=1S/C43H67N3O5/c1-27(2)29-11-12-30-28(23-35(47)45-19-10-21-46-22-20-44-26-46)24-43(9)31(37(29)30)13-14-33-41(7)17-16-34(51-36(48)25-39(3,4)38(49)50)40(5,6)32(41)15-18-42(33,43)8/h20,22,26,28-34,37H,1,10-19,21,23-25H2,2-9H3,(H,45,47)(H,49,50)/t28-,29-,30?,31+,32-,33+,34-,37-,41-,42+,43+/m0/s1. The number of rotatable bonds is 11. The van der Waals surface area contributed by atoms with E-state index in [0.29, 0.717) is 54.4 Å². The Morgan fingerprint density at radius 3 is 2.41 bits per heavy atom. The van der Waals surface area contributed by atoms with Crippen molar-refractivity contribution in [2.75, 3.05) is 6.54 Å². The lowest BCUT2D eigenvalue weighted by atomic mass is 9.32. The SMILES string of the molecule is C=C(C)[C@@H]1CCC2[C@@H](CC(=O)NCCCn3ccnc3)C[C@]3(C)[C@H](CC[C@@H]4[C@@]5(C)CC[C@H](OC(=O)CC(C)(C)C(=O)O)C(C)(C)[C@@H]5CC[C@]43C)[C@H]21. The van der Waals surface area contributed by atoms with Crippen molar-refractivity contribution in [2.45, 2.75) is 145 Å². The number of aromatic nitrogens is 2. The van der Waals surface area contributed by atoms with E-state index in [1.807, 2.05) is 12.5 Å². The van der Waals surface area contributed by atoms with Gasteiger partial charge in [0.25, 0.3) is 0 Å². The number of amides is 1. The van der Waals surface area contributed by atoms with Gasteiger partial charge in [-0.2, -0.15) is 0 Å². The van der Waals surface area contributed by atoms with Crippen LogP contribution >= 0.6 is 0 Å². The lowest BCUT2D eigenvalue weighted by Crippen LogP contribution is -2.66. The molecule has 5 saturated carbocycles. The summed E-state index contributed by atoms with van der Waals surface area (Å²) in [5.74, 6) is 2.57. The van der Waals surface area contributed by atoms with Crippen LogP contribution in [0.5, 0.6) is 0 Å². The van der Waals surface area contributed by atoms with Gasteiger partial charge in [0.05, 0.1) is 18.2 Å². The van der Waals surface area contributed by atoms with Crippen molar-refractivity contribution in [3.8, 4) is 0 Å². The molecule has 51 heavy (non-hydrogen) atoms. The number of esters is 1. The van der Waals surface area contributed by atoms with Crippen LogP contribution in [0, 0.1) is 68.5 Å². The van der Waals surface area contributed by atoms with Crippen molar-refractivity contribution in [3.05, 3.63) is 30.9 Å². The minimum atomic E-state index is -1.15. The van der Waals surface area contributed by atoms with Crippen molar-refractivity contribution in [3.63, 3.8) is 0 Å². The van der Waals surface area contributed by atoms with Gasteiger partial charge in [-0.1, -0.05) is 46.8 Å². The van der Waals surface area contributed by atoms with Crippen LogP contribution in [0.3, 0.4) is 0 Å². The quantitative estimate of drug-likeness (QED) is 0.135. The maximum atomic E-state index is 13.6. The van der Waals surface area contributed by atoms with E-state index in [1.54, 1.807) is 20.0 Å². The van der Waals surface area contributed by atoms with E-state index in [0.717, 1.165) is 45.1 Å². The number of aliphatic carboxylic acids is 1. The highest BCUT2D eigenvalue weighted by atomic mass is 16.5. The molecule has 0 aliphatic heterocycles. The number of aryl methyl sites for hydroxylation is 1. The van der Waals surface area contributed by atoms with Gasteiger partial charge in [0.2, 0.25) is 5.91 Å². The minimum absolute atomic E-state index is 0.116. The van der Waals surface area contributed by atoms with Crippen molar-refractivity contribution in [2.24, 2.45) is 68.5 Å². The fourth-order valence-corrected chi connectivity index (χ4v) is 13.7. The van der Waals surface area contributed by atoms with Crippen LogP contribution in [0.1, 0.15) is 132 Å². The topological polar surface area (TPSA) is 111 Å². The molecule has 1 aromatic heterocycles. The molecule has 0 radical (unpaired) electrons. The van der Waals surface area contributed by atoms with E-state index in [4.69, 9.17) is 4.74 Å². The fourth-order valence-electron chi connectivity index (χ4n) is 13.7. The molecule has 0 spiro atoms. The molecule has 1 aromatic rings. The maximum Gasteiger partial charge on any atom is 0.309 e. The van der Waals surface area contributed by atoms with Crippen molar-refractivity contribution >= 4 is 17.8 Å². The zero-order chi connectivity index (χ0) is 37.1. The van der Waals surface area contributed by atoms with Gasteiger partial charge in [0, 0.05) is 37.3 Å². The number of hydrogen-bond donors (Lipinski definition) is 2. The van der Waals surface area contributed by atoms with Gasteiger partial charge in [-0.15, -0.1) is 0 Å². The molecule has 5 fully saturated rings. The monoisotopic (exact) mass is 706 g/mol. The van der Waals surface area contributed by atoms with Crippen LogP contribution in [-0.4, -0.2) is 45.2 Å². The van der Waals surface area contributed by atoms with Gasteiger partial charge in [-0.25, -0.2) is 4.98 Å². The first kappa shape index (κ1) is 38.1. The number of allylic oxidation sites excluding steroid dienone is 1. The van der Waals surface area contributed by atoms with E-state index >= 15 is 0 Å². The van der Waals surface area contributed by atoms with Gasteiger partial charge < -0.3 is 19.7 Å². The van der Waals surface area contributed by atoms with Gasteiger partial charge in [0.15, 0.2) is 0 Å². The first-order valence-electron chi connectivity index (χ1n) is 20.2. The summed E-state index contributed by atoms with van der Waals surface area (Å²) in [6, 6.07) is 0. The maximum absolute atomic E-state index is 13.6. The summed E-state index contributed by atoms with van der Waals surface area (Å²) >= 11 is 0. The number of imidazole rings is 1. The molecule has 0 aromatic carbocycles. The highest BCUT2D eigenvalue weighted by Crippen LogP contribution is 2.77. The molecule has 0 bridgehead atoms. The molecule has 1 heterocycles. The van der Waals surface area contributed by atoms with Crippen LogP contribution in [0.25, 0.3) is 0 Å². The third-order valence-electron chi connectivity index (χ3n) is 16.4. The smallest absolute Gasteiger partial charge is 0.309 e. The van der Waals surface area contributed by atoms with Crippen LogP contribution in [0.2, 0.25) is 0 Å². The molecule has 5 aliphatic carbocycles. The summed E-state index contributed by atoms with van der Waals surface area (Å²) in [7, 11) is 0. The number of nitrogens with one attached hydrogen (secondary N) is 1. The summed E-state index contributed by atoms with van der Waals surface area (Å²) in [5, 5.41) is 12.9. The summed E-state index contributed by atoms with van der Waals surface area (Å²) in [6.07, 6.45) is 16.9. The number of carboxylic acids is 1. The second-order valence-corrected chi connectivity index (χ2v) is 19.8. The largest absolute Gasteiger partial charge is 0.481 e. The van der Waals surface area contributed by atoms with Gasteiger partial charge >= 0.3 is 11.9 Å². The Labute approximate surface area is 307 Å². The number of fused-ring (bicyclic) bond motifs is 7. The van der Waals surface area contributed by atoms with Crippen LogP contribution in [0.15, 0.2) is 30.9 Å². The molecule has 11 atom stereocenters. The Morgan fingerprint density at radius 2 is 1.75 bits per heavy atom. The number of carbonyl (C=O) groups excluding carboxylic acids is 2. The molecule has 8 heteroatoms. The third kappa shape index (κ3) is 6.51. The zero-order valence-corrected chi connectivity index (χ0v) is 32.9. The van der Waals surface area contributed by atoms with E-state index in [9.17, 15) is 19.5 Å². The normalized spacial score (nSPS) is 39.8. The van der Waals surface area contributed by atoms with Crippen molar-refractivity contribution in [1.29, 1.82) is 0 Å². The zero-order valence-electron chi connectivity index (χ0n) is 32.9. The molecule has 1 unspecified atom stereocenters. The van der Waals surface area contributed by atoms with Gasteiger partial charge in [-0.3, -0.25) is 14.4 Å². The summed E-state index contributed by atoms with van der Waals surface area (Å²) < 4.78 is 8.25. The first-order chi connectivity index (χ1) is 23.8. The number of nitrogens with zero attached hydrogens (tertiary/aromatic N) is 2. The fraction of sp³-hybridized carbons (Fsp3) is 0.814. The molecule has 284 valence electrons. The second-order valence-electron chi connectivity index (χ2n) is 19.8. The highest BCUT2D eigenvalue weighted by molar-refractivity contribution is 5.81. The summed E-state index contributed by atoms with van der Waals surface area (Å²) in [5.41, 5.74) is 0.382. The van der Waals surface area contributed by atoms with Gasteiger partial charge in [0.1, 0.15) is 6.10 Å². The highest BCUT2D eigenvalue weighted by Gasteiger charge is 2.70. The molecular weight excluding hydrogens is 638 g/mol. The number of hydrogen-bond acceptors (Lipinski definition) is 5. The average Bonchev–Trinajstić information content (AvgIpc) is 3.72. The number of carbonyl (C=O) groups is 3. The van der Waals surface area contributed by atoms with E-state index in [-0.39, 0.29) is 40.1 Å². The van der Waals surface area contributed by atoms with Crippen LogP contribution in [-0.2, 0) is 25.7 Å². The van der Waals surface area contributed by atoms with Crippen molar-refractivity contribution in [1.82, 2.24) is 14.9 Å². The van der Waals surface area contributed by atoms with Crippen LogP contribution < -0.4 is 5.32 Å². The van der Waals surface area contributed by atoms with Crippen molar-refractivity contribution < 1.29 is 24.2 Å². The van der Waals surface area contributed by atoms with Crippen LogP contribution in [0.4, 0.5) is 0 Å². The number of carboxylic acid groups (broad SMARTS) is 1. The summed E-state index contributed by atoms with van der Waals surface area (Å²) in [4.78, 5) is 42.6. The predicted octanol–water partition coefficient (Wildman–Crippen LogP) is 8.71. The molecular formula is C43H67N3O5. The van der Waals surface area contributed by atoms with E-state index in [2.05, 4.69) is 63.0 Å². The molecule has 5 aliphatic rings. The predicted molar refractivity (Wildman–Crippen MR) is 199 cm³/mol. The van der Waals surface area contributed by atoms with E-state index in [1.165, 1.54) is 31.3 Å². The lowest BCUT2D eigenvalue weighted by Gasteiger charge is -2.72.